The predicted molar refractivity (Wildman–Crippen MR) is 59.4 cm³/mol. The van der Waals surface area contributed by atoms with Gasteiger partial charge in [-0.3, -0.25) is 0 Å². The Morgan fingerprint density at radius 3 is 2.43 bits per heavy atom. The van der Waals surface area contributed by atoms with Crippen molar-refractivity contribution < 1.29 is 0 Å². The zero-order valence-electron chi connectivity index (χ0n) is 9.59. The van der Waals surface area contributed by atoms with Crippen LogP contribution >= 0.6 is 0 Å². The van der Waals surface area contributed by atoms with Crippen LogP contribution in [-0.4, -0.2) is 12.7 Å². The van der Waals surface area contributed by atoms with E-state index in [0.717, 1.165) is 13.0 Å². The van der Waals surface area contributed by atoms with Crippen LogP contribution in [0.3, 0.4) is 0 Å². The molecule has 2 atom stereocenters. The lowest BCUT2D eigenvalue weighted by atomic mass is 9.94. The normalized spacial score (nSPS) is 15.1. The number of nitrogens with two attached hydrogens (primary N) is 1. The van der Waals surface area contributed by atoms with Crippen molar-refractivity contribution in [1.82, 2.24) is 5.32 Å². The molecule has 0 bridgehead atoms. The second-order valence-electron chi connectivity index (χ2n) is 4.09. The van der Waals surface area contributed by atoms with Crippen molar-refractivity contribution in [3.05, 3.63) is 0 Å². The van der Waals surface area contributed by atoms with E-state index < -0.39 is 0 Å². The van der Waals surface area contributed by atoms with Crippen LogP contribution in [0.1, 0.15) is 40.0 Å². The SMILES string of the molecule is CCCCCNC(N)C(C#N)C(C)C. The topological polar surface area (TPSA) is 61.8 Å². The fourth-order valence-electron chi connectivity index (χ4n) is 1.41. The molecular formula is C11H23N3. The number of hydrogen-bond donors (Lipinski definition) is 2. The number of unbranched alkanes of at least 4 members (excludes halogenated alkanes) is 2. The summed E-state index contributed by atoms with van der Waals surface area (Å²) in [6.07, 6.45) is 3.39. The van der Waals surface area contributed by atoms with Crippen molar-refractivity contribution in [2.75, 3.05) is 6.54 Å². The highest BCUT2D eigenvalue weighted by molar-refractivity contribution is 4.91. The van der Waals surface area contributed by atoms with Crippen molar-refractivity contribution in [2.24, 2.45) is 17.6 Å². The van der Waals surface area contributed by atoms with Crippen LogP contribution in [0.25, 0.3) is 0 Å². The van der Waals surface area contributed by atoms with Crippen LogP contribution in [-0.2, 0) is 0 Å². The first-order chi connectivity index (χ1) is 6.63. The van der Waals surface area contributed by atoms with E-state index in [4.69, 9.17) is 11.0 Å². The third-order valence-corrected chi connectivity index (χ3v) is 2.41. The number of hydrogen-bond acceptors (Lipinski definition) is 3. The Labute approximate surface area is 87.7 Å². The van der Waals surface area contributed by atoms with E-state index in [2.05, 4.69) is 18.3 Å². The highest BCUT2D eigenvalue weighted by atomic mass is 15.0. The van der Waals surface area contributed by atoms with Gasteiger partial charge in [0.05, 0.1) is 18.2 Å². The lowest BCUT2D eigenvalue weighted by Crippen LogP contribution is -2.45. The summed E-state index contributed by atoms with van der Waals surface area (Å²) < 4.78 is 0. The van der Waals surface area contributed by atoms with Gasteiger partial charge >= 0.3 is 0 Å². The minimum absolute atomic E-state index is 0.0865. The highest BCUT2D eigenvalue weighted by Gasteiger charge is 2.19. The third-order valence-electron chi connectivity index (χ3n) is 2.41. The molecule has 0 aromatic rings. The van der Waals surface area contributed by atoms with Gasteiger partial charge in [0.1, 0.15) is 0 Å². The van der Waals surface area contributed by atoms with Gasteiger partial charge < -0.3 is 11.1 Å². The van der Waals surface area contributed by atoms with Gasteiger partial charge in [-0.25, -0.2) is 0 Å². The first kappa shape index (κ1) is 13.4. The maximum atomic E-state index is 8.90. The van der Waals surface area contributed by atoms with E-state index in [1.165, 1.54) is 12.8 Å². The third kappa shape index (κ3) is 5.21. The Morgan fingerprint density at radius 1 is 1.36 bits per heavy atom. The minimum atomic E-state index is -0.183. The van der Waals surface area contributed by atoms with Gasteiger partial charge in [-0.15, -0.1) is 0 Å². The predicted octanol–water partition coefficient (Wildman–Crippen LogP) is 1.85. The molecule has 0 aromatic carbocycles. The first-order valence-corrected chi connectivity index (χ1v) is 5.52. The van der Waals surface area contributed by atoms with Crippen LogP contribution < -0.4 is 11.1 Å². The zero-order chi connectivity index (χ0) is 11.0. The second-order valence-corrected chi connectivity index (χ2v) is 4.09. The van der Waals surface area contributed by atoms with Gasteiger partial charge in [0.2, 0.25) is 0 Å². The molecule has 0 saturated carbocycles. The molecule has 0 fully saturated rings. The highest BCUT2D eigenvalue weighted by Crippen LogP contribution is 2.11. The summed E-state index contributed by atoms with van der Waals surface area (Å²) in [5.74, 6) is 0.227. The molecule has 0 aliphatic rings. The molecule has 0 heterocycles. The Hall–Kier alpha value is -0.590. The van der Waals surface area contributed by atoms with E-state index in [1.54, 1.807) is 0 Å². The standard InChI is InChI=1S/C11H23N3/c1-4-5-6-7-14-11(13)10(8-12)9(2)3/h9-11,14H,4-7,13H2,1-3H3. The molecule has 82 valence electrons. The molecule has 0 aliphatic carbocycles. The van der Waals surface area contributed by atoms with Crippen molar-refractivity contribution in [3.8, 4) is 6.07 Å². The quantitative estimate of drug-likeness (QED) is 0.483. The van der Waals surface area contributed by atoms with E-state index in [9.17, 15) is 0 Å². The van der Waals surface area contributed by atoms with Crippen molar-refractivity contribution in [2.45, 2.75) is 46.2 Å². The molecule has 3 nitrogen and oxygen atoms in total. The van der Waals surface area contributed by atoms with Crippen LogP contribution in [0, 0.1) is 23.2 Å². The lowest BCUT2D eigenvalue weighted by molar-refractivity contribution is 0.343. The number of nitrogens with zero attached hydrogens (tertiary/aromatic N) is 1. The molecule has 0 aliphatic heterocycles. The van der Waals surface area contributed by atoms with Gasteiger partial charge in [-0.2, -0.15) is 5.26 Å². The molecule has 14 heavy (non-hydrogen) atoms. The Balaban J connectivity index is 3.71. The van der Waals surface area contributed by atoms with Gasteiger partial charge in [-0.05, 0) is 18.9 Å². The maximum Gasteiger partial charge on any atom is 0.0768 e. The average molecular weight is 197 g/mol. The van der Waals surface area contributed by atoms with Gasteiger partial charge in [-0.1, -0.05) is 33.6 Å². The molecule has 3 heteroatoms. The summed E-state index contributed by atoms with van der Waals surface area (Å²) in [6.45, 7) is 7.15. The Morgan fingerprint density at radius 2 is 2.00 bits per heavy atom. The lowest BCUT2D eigenvalue weighted by Gasteiger charge is -2.21. The Bertz CT molecular complexity index is 172. The number of nitrogens with one attached hydrogen (secondary N) is 1. The summed E-state index contributed by atoms with van der Waals surface area (Å²) in [5.41, 5.74) is 5.88. The molecule has 0 spiro atoms. The van der Waals surface area contributed by atoms with Gasteiger partial charge in [0.15, 0.2) is 0 Å². The molecule has 0 radical (unpaired) electrons. The maximum absolute atomic E-state index is 8.90. The fourth-order valence-corrected chi connectivity index (χ4v) is 1.41. The summed E-state index contributed by atoms with van der Waals surface area (Å²) >= 11 is 0. The molecule has 2 unspecified atom stereocenters. The summed E-state index contributed by atoms with van der Waals surface area (Å²) in [7, 11) is 0. The summed E-state index contributed by atoms with van der Waals surface area (Å²) in [4.78, 5) is 0. The molecular weight excluding hydrogens is 174 g/mol. The first-order valence-electron chi connectivity index (χ1n) is 5.52. The van der Waals surface area contributed by atoms with Crippen molar-refractivity contribution >= 4 is 0 Å². The minimum Gasteiger partial charge on any atom is -0.315 e. The van der Waals surface area contributed by atoms with E-state index in [1.807, 2.05) is 13.8 Å². The molecule has 0 rings (SSSR count). The monoisotopic (exact) mass is 197 g/mol. The van der Waals surface area contributed by atoms with Crippen LogP contribution in [0.5, 0.6) is 0 Å². The molecule has 0 amide bonds. The average Bonchev–Trinajstić information content (AvgIpc) is 2.13. The number of nitriles is 1. The van der Waals surface area contributed by atoms with Crippen LogP contribution in [0.15, 0.2) is 0 Å². The smallest absolute Gasteiger partial charge is 0.0768 e. The second kappa shape index (κ2) is 7.78. The number of rotatable bonds is 7. The largest absolute Gasteiger partial charge is 0.315 e. The van der Waals surface area contributed by atoms with Crippen molar-refractivity contribution in [3.63, 3.8) is 0 Å². The van der Waals surface area contributed by atoms with Crippen LogP contribution in [0.2, 0.25) is 0 Å². The Kier molecular flexibility index (Phi) is 7.45. The molecule has 0 aromatic heterocycles. The van der Waals surface area contributed by atoms with Crippen LogP contribution in [0.4, 0.5) is 0 Å². The van der Waals surface area contributed by atoms with Gasteiger partial charge in [0, 0.05) is 0 Å². The summed E-state index contributed by atoms with van der Waals surface area (Å²) in [6, 6.07) is 2.25. The van der Waals surface area contributed by atoms with Gasteiger partial charge in [0.25, 0.3) is 0 Å². The van der Waals surface area contributed by atoms with E-state index in [-0.39, 0.29) is 12.1 Å². The molecule has 0 saturated heterocycles. The van der Waals surface area contributed by atoms with E-state index >= 15 is 0 Å². The molecule has 3 N–H and O–H groups in total. The van der Waals surface area contributed by atoms with Crippen molar-refractivity contribution in [1.29, 1.82) is 5.26 Å². The zero-order valence-corrected chi connectivity index (χ0v) is 9.59. The summed E-state index contributed by atoms with van der Waals surface area (Å²) in [5, 5.41) is 12.1. The fraction of sp³-hybridized carbons (Fsp3) is 0.909. The van der Waals surface area contributed by atoms with E-state index in [0.29, 0.717) is 5.92 Å².